The molecule has 1 fully saturated rings. The first-order valence-corrected chi connectivity index (χ1v) is 8.53. The fourth-order valence-electron chi connectivity index (χ4n) is 3.49. The monoisotopic (exact) mass is 336 g/mol. The van der Waals surface area contributed by atoms with Crippen molar-refractivity contribution in [3.63, 3.8) is 0 Å². The van der Waals surface area contributed by atoms with Crippen LogP contribution in [0.1, 0.15) is 42.9 Å². The molecule has 0 saturated heterocycles. The number of nitrogens with one attached hydrogen (secondary N) is 2. The van der Waals surface area contributed by atoms with Gasteiger partial charge in [0.1, 0.15) is 0 Å². The van der Waals surface area contributed by atoms with Crippen LogP contribution in [0, 0.1) is 6.92 Å². The molecule has 0 atom stereocenters. The van der Waals surface area contributed by atoms with Gasteiger partial charge >= 0.3 is 6.03 Å². The summed E-state index contributed by atoms with van der Waals surface area (Å²) >= 11 is 0. The summed E-state index contributed by atoms with van der Waals surface area (Å²) in [6, 6.07) is 3.44. The Kier molecular flexibility index (Phi) is 4.05. The van der Waals surface area contributed by atoms with Crippen LogP contribution in [0.25, 0.3) is 5.65 Å². The number of urea groups is 1. The molecule has 0 bridgehead atoms. The smallest absolute Gasteiger partial charge is 0.306 e. The van der Waals surface area contributed by atoms with Crippen LogP contribution in [0.5, 0.6) is 0 Å². The van der Waals surface area contributed by atoms with Crippen LogP contribution < -0.4 is 10.6 Å². The topological polar surface area (TPSA) is 84.2 Å². The van der Waals surface area contributed by atoms with Gasteiger partial charge in [0.05, 0.1) is 35.7 Å². The molecule has 1 aliphatic carbocycles. The quantitative estimate of drug-likeness (QED) is 0.763. The third-order valence-corrected chi connectivity index (χ3v) is 4.58. The van der Waals surface area contributed by atoms with E-state index in [1.54, 1.807) is 24.8 Å². The number of aryl methyl sites for hydroxylation is 1. The number of nitrogens with zero attached hydrogens (tertiary/aromatic N) is 4. The highest BCUT2D eigenvalue weighted by Crippen LogP contribution is 2.37. The molecule has 4 rings (SSSR count). The highest BCUT2D eigenvalue weighted by molar-refractivity contribution is 6.00. The van der Waals surface area contributed by atoms with Gasteiger partial charge < -0.3 is 10.6 Å². The molecule has 3 aromatic rings. The van der Waals surface area contributed by atoms with Crippen LogP contribution in [0.2, 0.25) is 0 Å². The molecule has 0 radical (unpaired) electrons. The van der Waals surface area contributed by atoms with E-state index in [1.807, 2.05) is 23.6 Å². The molecular weight excluding hydrogens is 316 g/mol. The normalized spacial score (nSPS) is 14.8. The van der Waals surface area contributed by atoms with E-state index < -0.39 is 0 Å². The second-order valence-corrected chi connectivity index (χ2v) is 6.47. The van der Waals surface area contributed by atoms with Gasteiger partial charge in [0.25, 0.3) is 0 Å². The molecule has 7 heteroatoms. The Hall–Kier alpha value is -2.96. The maximum Gasteiger partial charge on any atom is 0.323 e. The fraction of sp³-hybridized carbons (Fsp3) is 0.333. The summed E-state index contributed by atoms with van der Waals surface area (Å²) < 4.78 is 1.85. The van der Waals surface area contributed by atoms with Crippen LogP contribution in [-0.2, 0) is 0 Å². The van der Waals surface area contributed by atoms with E-state index >= 15 is 0 Å². The van der Waals surface area contributed by atoms with Crippen LogP contribution in [-0.4, -0.2) is 25.6 Å². The number of hydrogen-bond acceptors (Lipinski definition) is 4. The minimum atomic E-state index is -0.306. The molecule has 0 aliphatic heterocycles. The fourth-order valence-corrected chi connectivity index (χ4v) is 3.49. The number of rotatable bonds is 3. The summed E-state index contributed by atoms with van der Waals surface area (Å²) in [5.74, 6) is 0.390. The molecule has 2 N–H and O–H groups in total. The van der Waals surface area contributed by atoms with Crippen molar-refractivity contribution in [3.05, 3.63) is 48.2 Å². The Labute approximate surface area is 145 Å². The summed E-state index contributed by atoms with van der Waals surface area (Å²) in [5, 5.41) is 10.2. The van der Waals surface area contributed by atoms with Crippen molar-refractivity contribution in [1.29, 1.82) is 0 Å². The second kappa shape index (κ2) is 6.51. The Morgan fingerprint density at radius 1 is 1.20 bits per heavy atom. The number of carbonyl (C=O) groups is 1. The van der Waals surface area contributed by atoms with Gasteiger partial charge in [-0.15, -0.1) is 0 Å². The molecule has 1 saturated carbocycles. The van der Waals surface area contributed by atoms with E-state index in [4.69, 9.17) is 0 Å². The first kappa shape index (κ1) is 15.6. The van der Waals surface area contributed by atoms with E-state index in [2.05, 4.69) is 25.7 Å². The number of amides is 2. The van der Waals surface area contributed by atoms with E-state index in [-0.39, 0.29) is 6.03 Å². The van der Waals surface area contributed by atoms with Crippen molar-refractivity contribution < 1.29 is 4.79 Å². The van der Waals surface area contributed by atoms with Crippen LogP contribution in [0.3, 0.4) is 0 Å². The summed E-state index contributed by atoms with van der Waals surface area (Å²) in [6.07, 6.45) is 11.5. The van der Waals surface area contributed by atoms with E-state index in [0.29, 0.717) is 17.3 Å². The second-order valence-electron chi connectivity index (χ2n) is 6.47. The number of fused-ring (bicyclic) bond motifs is 1. The van der Waals surface area contributed by atoms with Gasteiger partial charge in [-0.2, -0.15) is 5.10 Å². The van der Waals surface area contributed by atoms with Crippen molar-refractivity contribution in [1.82, 2.24) is 19.6 Å². The highest BCUT2D eigenvalue weighted by atomic mass is 16.2. The van der Waals surface area contributed by atoms with Gasteiger partial charge in [0.2, 0.25) is 0 Å². The standard InChI is InChI=1S/C18H20N6O/c1-12-8-14(10-19-9-12)22-18(25)23-15-11-20-16-6-7-21-24(16)17(15)13-4-2-3-5-13/h6-11,13H,2-5H2,1H3,(H2,22,23,25). The summed E-state index contributed by atoms with van der Waals surface area (Å²) in [6.45, 7) is 1.93. The van der Waals surface area contributed by atoms with Gasteiger partial charge in [0, 0.05) is 18.2 Å². The lowest BCUT2D eigenvalue weighted by Gasteiger charge is -2.17. The molecule has 3 aromatic heterocycles. The van der Waals surface area contributed by atoms with E-state index in [9.17, 15) is 4.79 Å². The third-order valence-electron chi connectivity index (χ3n) is 4.58. The molecular formula is C18H20N6O. The largest absolute Gasteiger partial charge is 0.323 e. The lowest BCUT2D eigenvalue weighted by atomic mass is 10.0. The van der Waals surface area contributed by atoms with Crippen LogP contribution >= 0.6 is 0 Å². The SMILES string of the molecule is Cc1cncc(NC(=O)Nc2cnc3ccnn3c2C2CCCC2)c1. The average molecular weight is 336 g/mol. The van der Waals surface area contributed by atoms with Gasteiger partial charge in [-0.3, -0.25) is 4.98 Å². The molecule has 128 valence electrons. The Morgan fingerprint density at radius 2 is 2.04 bits per heavy atom. The minimum Gasteiger partial charge on any atom is -0.306 e. The molecule has 0 spiro atoms. The molecule has 0 unspecified atom stereocenters. The Morgan fingerprint density at radius 3 is 2.84 bits per heavy atom. The summed E-state index contributed by atoms with van der Waals surface area (Å²) in [7, 11) is 0. The zero-order chi connectivity index (χ0) is 17.2. The van der Waals surface area contributed by atoms with Crippen molar-refractivity contribution in [2.45, 2.75) is 38.5 Å². The van der Waals surface area contributed by atoms with Gasteiger partial charge in [0.15, 0.2) is 5.65 Å². The molecule has 3 heterocycles. The molecule has 7 nitrogen and oxygen atoms in total. The summed E-state index contributed by atoms with van der Waals surface area (Å²) in [5.41, 5.74) is 4.19. The Bertz CT molecular complexity index is 913. The predicted octanol–water partition coefficient (Wildman–Crippen LogP) is 3.73. The van der Waals surface area contributed by atoms with Crippen molar-refractivity contribution in [3.8, 4) is 0 Å². The van der Waals surface area contributed by atoms with E-state index in [1.165, 1.54) is 12.8 Å². The zero-order valence-corrected chi connectivity index (χ0v) is 14.1. The molecule has 1 aliphatic rings. The van der Waals surface area contributed by atoms with Crippen molar-refractivity contribution in [2.75, 3.05) is 10.6 Å². The number of aromatic nitrogens is 4. The van der Waals surface area contributed by atoms with Crippen LogP contribution in [0.15, 0.2) is 36.9 Å². The van der Waals surface area contributed by atoms with Gasteiger partial charge in [-0.05, 0) is 31.4 Å². The summed E-state index contributed by atoms with van der Waals surface area (Å²) in [4.78, 5) is 20.9. The lowest BCUT2D eigenvalue weighted by molar-refractivity contribution is 0.262. The molecule has 2 amide bonds. The lowest BCUT2D eigenvalue weighted by Crippen LogP contribution is -2.22. The first-order chi connectivity index (χ1) is 12.2. The zero-order valence-electron chi connectivity index (χ0n) is 14.1. The Balaban J connectivity index is 1.62. The maximum atomic E-state index is 12.4. The maximum absolute atomic E-state index is 12.4. The molecule has 25 heavy (non-hydrogen) atoms. The average Bonchev–Trinajstić information content (AvgIpc) is 3.26. The third kappa shape index (κ3) is 3.17. The van der Waals surface area contributed by atoms with Crippen molar-refractivity contribution in [2.24, 2.45) is 0 Å². The van der Waals surface area contributed by atoms with Gasteiger partial charge in [-0.25, -0.2) is 14.3 Å². The number of carbonyl (C=O) groups excluding carboxylic acids is 1. The highest BCUT2D eigenvalue weighted by Gasteiger charge is 2.24. The number of pyridine rings is 1. The first-order valence-electron chi connectivity index (χ1n) is 8.53. The minimum absolute atomic E-state index is 0.306. The number of anilines is 2. The van der Waals surface area contributed by atoms with Crippen LogP contribution in [0.4, 0.5) is 16.2 Å². The number of hydrogen-bond donors (Lipinski definition) is 2. The molecule has 0 aromatic carbocycles. The van der Waals surface area contributed by atoms with Gasteiger partial charge in [-0.1, -0.05) is 12.8 Å². The predicted molar refractivity (Wildman–Crippen MR) is 95.8 cm³/mol. The van der Waals surface area contributed by atoms with Crippen molar-refractivity contribution >= 4 is 23.1 Å². The van der Waals surface area contributed by atoms with E-state index in [0.717, 1.165) is 29.7 Å².